The van der Waals surface area contributed by atoms with Gasteiger partial charge in [0.15, 0.2) is 0 Å². The molecule has 1 nitrogen and oxygen atoms in total. The quantitative estimate of drug-likeness (QED) is 0.688. The second kappa shape index (κ2) is 3.87. The summed E-state index contributed by atoms with van der Waals surface area (Å²) < 4.78 is 0. The van der Waals surface area contributed by atoms with Gasteiger partial charge in [-0.3, -0.25) is 0 Å². The third-order valence-electron chi connectivity index (χ3n) is 3.08. The van der Waals surface area contributed by atoms with Crippen LogP contribution < -0.4 is 5.19 Å². The van der Waals surface area contributed by atoms with E-state index in [1.165, 1.54) is 6.42 Å². The van der Waals surface area contributed by atoms with Gasteiger partial charge in [-0.1, -0.05) is 48.7 Å². The van der Waals surface area contributed by atoms with Gasteiger partial charge in [0, 0.05) is 0 Å². The molecule has 1 aromatic carbocycles. The van der Waals surface area contributed by atoms with Gasteiger partial charge in [-0.2, -0.15) is 0 Å². The van der Waals surface area contributed by atoms with E-state index >= 15 is 0 Å². The van der Waals surface area contributed by atoms with Crippen molar-refractivity contribution in [3.63, 3.8) is 0 Å². The van der Waals surface area contributed by atoms with Crippen LogP contribution in [0.15, 0.2) is 24.3 Å². The van der Waals surface area contributed by atoms with E-state index in [1.807, 2.05) is 24.3 Å². The molecule has 0 heterocycles. The highest BCUT2D eigenvalue weighted by Crippen LogP contribution is 2.36. The highest BCUT2D eigenvalue weighted by atomic mass is 28.1. The fraction of sp³-hybridized carbons (Fsp3) is 0.500. The van der Waals surface area contributed by atoms with Crippen LogP contribution in [0.5, 0.6) is 0 Å². The lowest BCUT2D eigenvalue weighted by Crippen LogP contribution is -2.29. The van der Waals surface area contributed by atoms with Gasteiger partial charge < -0.3 is 5.11 Å². The lowest BCUT2D eigenvalue weighted by molar-refractivity contribution is -0.000555. The number of hydrogen-bond donors (Lipinski definition) is 1. The zero-order chi connectivity index (χ0) is 10.0. The molecule has 73 valence electrons. The summed E-state index contributed by atoms with van der Waals surface area (Å²) in [5.74, 6) is 0. The molecule has 1 saturated carbocycles. The number of aliphatic hydroxyl groups is 1. The van der Waals surface area contributed by atoms with Crippen LogP contribution in [-0.4, -0.2) is 15.3 Å². The van der Waals surface area contributed by atoms with E-state index in [-0.39, 0.29) is 0 Å². The molecule has 1 fully saturated rings. The van der Waals surface area contributed by atoms with E-state index in [0.29, 0.717) is 0 Å². The molecule has 0 spiro atoms. The van der Waals surface area contributed by atoms with E-state index in [9.17, 15) is 5.11 Å². The minimum atomic E-state index is -0.569. The average Bonchev–Trinajstić information content (AvgIpc) is 2.19. The zero-order valence-corrected chi connectivity index (χ0v) is 9.29. The topological polar surface area (TPSA) is 20.2 Å². The Balaban J connectivity index is 2.28. The van der Waals surface area contributed by atoms with Crippen molar-refractivity contribution in [1.82, 2.24) is 0 Å². The maximum absolute atomic E-state index is 10.4. The van der Waals surface area contributed by atoms with E-state index in [1.54, 1.807) is 0 Å². The van der Waals surface area contributed by atoms with Crippen LogP contribution in [0.25, 0.3) is 0 Å². The van der Waals surface area contributed by atoms with Crippen LogP contribution in [0.2, 0.25) is 0 Å². The Bertz CT molecular complexity index is 316. The summed E-state index contributed by atoms with van der Waals surface area (Å²) in [6.45, 7) is 0. The van der Waals surface area contributed by atoms with E-state index in [0.717, 1.165) is 36.4 Å². The largest absolute Gasteiger partial charge is 0.385 e. The van der Waals surface area contributed by atoms with Crippen molar-refractivity contribution in [2.24, 2.45) is 0 Å². The van der Waals surface area contributed by atoms with Gasteiger partial charge in [0.05, 0.1) is 15.8 Å². The Morgan fingerprint density at radius 2 is 1.86 bits per heavy atom. The summed E-state index contributed by atoms with van der Waals surface area (Å²) in [4.78, 5) is 0. The van der Waals surface area contributed by atoms with Crippen LogP contribution in [0.4, 0.5) is 0 Å². The molecule has 2 heteroatoms. The Hall–Kier alpha value is -0.603. The maximum Gasteiger partial charge on any atom is 0.0896 e. The van der Waals surface area contributed by atoms with Gasteiger partial charge >= 0.3 is 0 Å². The monoisotopic (exact) mass is 203 g/mol. The van der Waals surface area contributed by atoms with Crippen molar-refractivity contribution in [2.45, 2.75) is 37.7 Å². The average molecular weight is 203 g/mol. The van der Waals surface area contributed by atoms with E-state index in [4.69, 9.17) is 0 Å². The molecule has 1 aliphatic rings. The summed E-state index contributed by atoms with van der Waals surface area (Å²) in [5.41, 5.74) is 0.491. The summed E-state index contributed by atoms with van der Waals surface area (Å²) in [6.07, 6.45) is 5.35. The Labute approximate surface area is 88.6 Å². The molecule has 0 unspecified atom stereocenters. The van der Waals surface area contributed by atoms with Crippen LogP contribution in [-0.2, 0) is 5.60 Å². The fourth-order valence-electron chi connectivity index (χ4n) is 2.23. The first kappa shape index (κ1) is 9.93. The number of benzene rings is 1. The molecule has 1 aliphatic carbocycles. The summed E-state index contributed by atoms with van der Waals surface area (Å²) >= 11 is 0. The lowest BCUT2D eigenvalue weighted by Gasteiger charge is -2.32. The second-order valence-electron chi connectivity index (χ2n) is 4.17. The molecule has 3 radical (unpaired) electrons. The van der Waals surface area contributed by atoms with Gasteiger partial charge in [-0.15, -0.1) is 0 Å². The molecule has 0 amide bonds. The smallest absolute Gasteiger partial charge is 0.0896 e. The predicted molar refractivity (Wildman–Crippen MR) is 58.8 cm³/mol. The molecule has 0 aliphatic heterocycles. The van der Waals surface area contributed by atoms with Gasteiger partial charge in [0.1, 0.15) is 0 Å². The fourth-order valence-corrected chi connectivity index (χ4v) is 2.49. The summed E-state index contributed by atoms with van der Waals surface area (Å²) in [7, 11) is 3.49. The SMILES string of the molecule is OC1(c2cccc([Si])c2)CCCCC1. The summed E-state index contributed by atoms with van der Waals surface area (Å²) in [5, 5.41) is 11.5. The van der Waals surface area contributed by atoms with Crippen molar-refractivity contribution >= 4 is 15.4 Å². The number of rotatable bonds is 1. The Kier molecular flexibility index (Phi) is 2.75. The highest BCUT2D eigenvalue weighted by Gasteiger charge is 2.30. The molecule has 0 aromatic heterocycles. The van der Waals surface area contributed by atoms with Crippen LogP contribution >= 0.6 is 0 Å². The van der Waals surface area contributed by atoms with Crippen molar-refractivity contribution in [3.8, 4) is 0 Å². The molecule has 0 bridgehead atoms. The van der Waals surface area contributed by atoms with Gasteiger partial charge in [-0.05, 0) is 18.4 Å². The highest BCUT2D eigenvalue weighted by molar-refractivity contribution is 6.32. The normalized spacial score (nSPS) is 20.7. The zero-order valence-electron chi connectivity index (χ0n) is 8.29. The first-order valence-electron chi connectivity index (χ1n) is 5.25. The first-order valence-corrected chi connectivity index (χ1v) is 5.75. The van der Waals surface area contributed by atoms with Crippen LogP contribution in [0, 0.1) is 0 Å². The van der Waals surface area contributed by atoms with Crippen molar-refractivity contribution < 1.29 is 5.11 Å². The van der Waals surface area contributed by atoms with Crippen molar-refractivity contribution in [1.29, 1.82) is 0 Å². The van der Waals surface area contributed by atoms with Gasteiger partial charge in [-0.25, -0.2) is 0 Å². The van der Waals surface area contributed by atoms with Crippen molar-refractivity contribution in [3.05, 3.63) is 29.8 Å². The molecule has 1 N–H and O–H groups in total. The molecular weight excluding hydrogens is 188 g/mol. The molecule has 0 atom stereocenters. The van der Waals surface area contributed by atoms with Gasteiger partial charge in [0.2, 0.25) is 0 Å². The predicted octanol–water partition coefficient (Wildman–Crippen LogP) is 1.63. The Morgan fingerprint density at radius 3 is 2.50 bits per heavy atom. The summed E-state index contributed by atoms with van der Waals surface area (Å²) in [6, 6.07) is 8.04. The first-order chi connectivity index (χ1) is 6.71. The molecular formula is C12H15OSi. The van der Waals surface area contributed by atoms with Crippen LogP contribution in [0.1, 0.15) is 37.7 Å². The third-order valence-corrected chi connectivity index (χ3v) is 3.39. The molecule has 0 saturated heterocycles. The van der Waals surface area contributed by atoms with Gasteiger partial charge in [0.25, 0.3) is 0 Å². The van der Waals surface area contributed by atoms with E-state index in [2.05, 4.69) is 10.2 Å². The number of hydrogen-bond acceptors (Lipinski definition) is 1. The Morgan fingerprint density at radius 1 is 1.14 bits per heavy atom. The molecule has 14 heavy (non-hydrogen) atoms. The third kappa shape index (κ3) is 1.91. The second-order valence-corrected chi connectivity index (χ2v) is 4.75. The standard InChI is InChI=1S/C12H15OSi/c13-12(7-2-1-3-8-12)10-5-4-6-11(14)9-10/h4-6,9,13H,1-3,7-8H2. The minimum absolute atomic E-state index is 0.569. The van der Waals surface area contributed by atoms with Crippen molar-refractivity contribution in [2.75, 3.05) is 0 Å². The maximum atomic E-state index is 10.4. The van der Waals surface area contributed by atoms with E-state index < -0.39 is 5.60 Å². The lowest BCUT2D eigenvalue weighted by atomic mass is 9.80. The minimum Gasteiger partial charge on any atom is -0.385 e. The molecule has 1 aromatic rings. The van der Waals surface area contributed by atoms with Crippen LogP contribution in [0.3, 0.4) is 0 Å². The molecule has 2 rings (SSSR count).